The Bertz CT molecular complexity index is 1040. The lowest BCUT2D eigenvalue weighted by Crippen LogP contribution is -1.99. The van der Waals surface area contributed by atoms with Gasteiger partial charge in [-0.1, -0.05) is 48.0 Å². The Balaban J connectivity index is 1.57. The lowest BCUT2D eigenvalue weighted by atomic mass is 10.2. The number of ether oxygens (including phenoxy) is 1. The molecule has 4 aromatic rings. The molecule has 25 heavy (non-hydrogen) atoms. The van der Waals surface area contributed by atoms with Crippen LogP contribution in [-0.2, 0) is 6.61 Å². The number of fused-ring (bicyclic) bond motifs is 1. The zero-order chi connectivity index (χ0) is 17.1. The topological polar surface area (TPSA) is 47.9 Å². The number of nitrogens with zero attached hydrogens (tertiary/aromatic N) is 3. The van der Waals surface area contributed by atoms with E-state index in [1.165, 1.54) is 0 Å². The van der Waals surface area contributed by atoms with E-state index in [9.17, 15) is 0 Å². The zero-order valence-electron chi connectivity index (χ0n) is 13.3. The number of hydrogen-bond acceptors (Lipinski definition) is 4. The van der Waals surface area contributed by atoms with Gasteiger partial charge >= 0.3 is 0 Å². The Labute approximate surface area is 150 Å². The van der Waals surface area contributed by atoms with E-state index < -0.39 is 0 Å². The third-order valence-corrected chi connectivity index (χ3v) is 3.95. The number of aromatic nitrogens is 3. The van der Waals surface area contributed by atoms with Gasteiger partial charge in [0.05, 0.1) is 5.52 Å². The first-order valence-electron chi connectivity index (χ1n) is 7.84. The first-order chi connectivity index (χ1) is 12.3. The van der Waals surface area contributed by atoms with Crippen LogP contribution in [0.25, 0.3) is 22.4 Å². The van der Waals surface area contributed by atoms with Gasteiger partial charge < -0.3 is 4.74 Å². The molecule has 0 unspecified atom stereocenters. The molecule has 0 fully saturated rings. The van der Waals surface area contributed by atoms with Crippen LogP contribution in [0.3, 0.4) is 0 Å². The molecule has 4 rings (SSSR count). The van der Waals surface area contributed by atoms with Crippen LogP contribution >= 0.6 is 11.6 Å². The molecule has 0 saturated heterocycles. The quantitative estimate of drug-likeness (QED) is 0.525. The van der Waals surface area contributed by atoms with Gasteiger partial charge in [-0.3, -0.25) is 0 Å². The van der Waals surface area contributed by atoms with Crippen LogP contribution in [0.15, 0.2) is 72.9 Å². The van der Waals surface area contributed by atoms with Crippen molar-refractivity contribution < 1.29 is 4.74 Å². The van der Waals surface area contributed by atoms with Crippen molar-refractivity contribution in [2.75, 3.05) is 0 Å². The van der Waals surface area contributed by atoms with Crippen molar-refractivity contribution in [2.24, 2.45) is 0 Å². The minimum Gasteiger partial charge on any atom is -0.473 e. The van der Waals surface area contributed by atoms with Crippen molar-refractivity contribution in [3.63, 3.8) is 0 Å². The van der Waals surface area contributed by atoms with Crippen LogP contribution in [0.1, 0.15) is 5.56 Å². The predicted molar refractivity (Wildman–Crippen MR) is 98.6 cm³/mol. The van der Waals surface area contributed by atoms with Gasteiger partial charge in [0.1, 0.15) is 12.3 Å². The van der Waals surface area contributed by atoms with Gasteiger partial charge in [0.25, 0.3) is 0 Å². The highest BCUT2D eigenvalue weighted by Gasteiger charge is 2.06. The van der Waals surface area contributed by atoms with Crippen molar-refractivity contribution in [2.45, 2.75) is 6.61 Å². The molecule has 4 nitrogen and oxygen atoms in total. The number of para-hydroxylation sites is 1. The summed E-state index contributed by atoms with van der Waals surface area (Å²) in [6.45, 7) is 0.398. The monoisotopic (exact) mass is 347 g/mol. The Kier molecular flexibility index (Phi) is 4.27. The minimum atomic E-state index is 0.398. The van der Waals surface area contributed by atoms with Crippen LogP contribution in [0.5, 0.6) is 5.88 Å². The molecule has 0 atom stereocenters. The second-order valence-corrected chi connectivity index (χ2v) is 5.97. The molecule has 5 heteroatoms. The number of pyridine rings is 1. The summed E-state index contributed by atoms with van der Waals surface area (Å²) in [6, 6.07) is 21.0. The summed E-state index contributed by atoms with van der Waals surface area (Å²) in [5.41, 5.74) is 2.55. The third kappa shape index (κ3) is 3.59. The summed E-state index contributed by atoms with van der Waals surface area (Å²) < 4.78 is 5.77. The number of halogens is 1. The average molecular weight is 348 g/mol. The van der Waals surface area contributed by atoms with E-state index in [0.29, 0.717) is 29.0 Å². The SMILES string of the molecule is Clc1cccc(COc2cccc(-c3ncc4ccccc4n3)n2)c1. The highest BCUT2D eigenvalue weighted by molar-refractivity contribution is 6.30. The van der Waals surface area contributed by atoms with Crippen LogP contribution in [0.2, 0.25) is 5.02 Å². The Morgan fingerprint density at radius 1 is 0.880 bits per heavy atom. The Morgan fingerprint density at radius 2 is 1.76 bits per heavy atom. The average Bonchev–Trinajstić information content (AvgIpc) is 2.66. The molecule has 0 radical (unpaired) electrons. The van der Waals surface area contributed by atoms with E-state index >= 15 is 0 Å². The summed E-state index contributed by atoms with van der Waals surface area (Å²) >= 11 is 5.99. The smallest absolute Gasteiger partial charge is 0.214 e. The summed E-state index contributed by atoms with van der Waals surface area (Å²) in [6.07, 6.45) is 1.80. The van der Waals surface area contributed by atoms with Crippen molar-refractivity contribution >= 4 is 22.5 Å². The summed E-state index contributed by atoms with van der Waals surface area (Å²) in [5.74, 6) is 1.10. The van der Waals surface area contributed by atoms with E-state index in [1.807, 2.05) is 66.7 Å². The van der Waals surface area contributed by atoms with Gasteiger partial charge in [-0.05, 0) is 29.8 Å². The number of benzene rings is 2. The first-order valence-corrected chi connectivity index (χ1v) is 8.22. The molecule has 2 aromatic carbocycles. The maximum atomic E-state index is 5.99. The van der Waals surface area contributed by atoms with Crippen molar-refractivity contribution in [1.82, 2.24) is 15.0 Å². The molecular formula is C20H14ClN3O. The Morgan fingerprint density at radius 3 is 2.68 bits per heavy atom. The highest BCUT2D eigenvalue weighted by Crippen LogP contribution is 2.20. The van der Waals surface area contributed by atoms with Gasteiger partial charge in [-0.15, -0.1) is 0 Å². The van der Waals surface area contributed by atoms with E-state index in [2.05, 4.69) is 15.0 Å². The second kappa shape index (κ2) is 6.87. The van der Waals surface area contributed by atoms with Crippen molar-refractivity contribution in [3.05, 3.63) is 83.5 Å². The highest BCUT2D eigenvalue weighted by atomic mass is 35.5. The summed E-state index contributed by atoms with van der Waals surface area (Å²) in [5, 5.41) is 1.69. The van der Waals surface area contributed by atoms with Gasteiger partial charge in [-0.25, -0.2) is 15.0 Å². The van der Waals surface area contributed by atoms with Crippen LogP contribution in [0, 0.1) is 0 Å². The normalized spacial score (nSPS) is 10.8. The van der Waals surface area contributed by atoms with Gasteiger partial charge in [0.2, 0.25) is 5.88 Å². The fraction of sp³-hybridized carbons (Fsp3) is 0.0500. The molecular weight excluding hydrogens is 334 g/mol. The third-order valence-electron chi connectivity index (χ3n) is 3.72. The lowest BCUT2D eigenvalue weighted by Gasteiger charge is -2.07. The molecule has 0 aliphatic rings. The molecule has 0 spiro atoms. The number of hydrogen-bond donors (Lipinski definition) is 0. The van der Waals surface area contributed by atoms with Crippen molar-refractivity contribution in [1.29, 1.82) is 0 Å². The van der Waals surface area contributed by atoms with E-state index in [4.69, 9.17) is 16.3 Å². The fourth-order valence-electron chi connectivity index (χ4n) is 2.50. The molecule has 0 bridgehead atoms. The summed E-state index contributed by atoms with van der Waals surface area (Å²) in [7, 11) is 0. The molecule has 0 saturated carbocycles. The van der Waals surface area contributed by atoms with Crippen LogP contribution in [0.4, 0.5) is 0 Å². The zero-order valence-corrected chi connectivity index (χ0v) is 14.0. The van der Waals surface area contributed by atoms with Crippen LogP contribution < -0.4 is 4.74 Å². The maximum absolute atomic E-state index is 5.99. The van der Waals surface area contributed by atoms with Gasteiger partial charge in [-0.2, -0.15) is 0 Å². The Hall–Kier alpha value is -2.98. The molecule has 0 amide bonds. The standard InChI is InChI=1S/C20H14ClN3O/c21-16-7-3-5-14(11-16)13-25-19-10-4-9-18(23-19)20-22-12-15-6-1-2-8-17(15)24-20/h1-12H,13H2. The lowest BCUT2D eigenvalue weighted by molar-refractivity contribution is 0.294. The summed E-state index contributed by atoms with van der Waals surface area (Å²) in [4.78, 5) is 13.5. The van der Waals surface area contributed by atoms with E-state index in [-0.39, 0.29) is 0 Å². The van der Waals surface area contributed by atoms with Crippen molar-refractivity contribution in [3.8, 4) is 17.4 Å². The molecule has 0 aliphatic carbocycles. The maximum Gasteiger partial charge on any atom is 0.214 e. The van der Waals surface area contributed by atoms with Gasteiger partial charge in [0.15, 0.2) is 5.82 Å². The molecule has 2 heterocycles. The molecule has 122 valence electrons. The van der Waals surface area contributed by atoms with E-state index in [1.54, 1.807) is 6.20 Å². The number of rotatable bonds is 4. The van der Waals surface area contributed by atoms with Crippen LogP contribution in [-0.4, -0.2) is 15.0 Å². The molecule has 0 N–H and O–H groups in total. The predicted octanol–water partition coefficient (Wildman–Crippen LogP) is 4.92. The second-order valence-electron chi connectivity index (χ2n) is 5.53. The first kappa shape index (κ1) is 15.5. The fourth-order valence-corrected chi connectivity index (χ4v) is 2.71. The minimum absolute atomic E-state index is 0.398. The van der Waals surface area contributed by atoms with E-state index in [0.717, 1.165) is 16.5 Å². The molecule has 0 aliphatic heterocycles. The largest absolute Gasteiger partial charge is 0.473 e. The molecule has 2 aromatic heterocycles. The van der Waals surface area contributed by atoms with Gasteiger partial charge in [0, 0.05) is 22.7 Å².